The van der Waals surface area contributed by atoms with Gasteiger partial charge in [0.15, 0.2) is 0 Å². The molecule has 1 aromatic heterocycles. The van der Waals surface area contributed by atoms with Crippen LogP contribution in [0.5, 0.6) is 0 Å². The summed E-state index contributed by atoms with van der Waals surface area (Å²) in [7, 11) is 0. The molecule has 0 saturated heterocycles. The topological polar surface area (TPSA) is 3.24 Å². The molecule has 216 valence electrons. The zero-order valence-corrected chi connectivity index (χ0v) is 25.9. The van der Waals surface area contributed by atoms with Crippen LogP contribution in [0.1, 0.15) is 22.3 Å². The van der Waals surface area contributed by atoms with E-state index in [0.717, 1.165) is 5.69 Å². The largest absolute Gasteiger partial charge is 0.310 e. The van der Waals surface area contributed by atoms with Crippen molar-refractivity contribution in [3.8, 4) is 11.1 Å². The Morgan fingerprint density at radius 1 is 0.478 bits per heavy atom. The van der Waals surface area contributed by atoms with Gasteiger partial charge in [0.05, 0.1) is 5.69 Å². The molecule has 1 nitrogen and oxygen atoms in total. The van der Waals surface area contributed by atoms with E-state index in [1.807, 2.05) is 11.3 Å². The molecule has 46 heavy (non-hydrogen) atoms. The highest BCUT2D eigenvalue weighted by atomic mass is 32.1. The van der Waals surface area contributed by atoms with Gasteiger partial charge in [-0.1, -0.05) is 127 Å². The van der Waals surface area contributed by atoms with Gasteiger partial charge in [0.2, 0.25) is 0 Å². The summed E-state index contributed by atoms with van der Waals surface area (Å²) in [5.74, 6) is 0.766. The SMILES string of the molecule is C1=CC2c3ccccc3-c3c(sc4ccc(N(c5ccc6c(ccc7ccccc76)c5)c5cccc6ccccc56)cc34)C2C=C1. The van der Waals surface area contributed by atoms with E-state index in [9.17, 15) is 0 Å². The molecule has 10 rings (SSSR count). The summed E-state index contributed by atoms with van der Waals surface area (Å²) < 4.78 is 1.34. The van der Waals surface area contributed by atoms with Crippen molar-refractivity contribution in [1.29, 1.82) is 0 Å². The van der Waals surface area contributed by atoms with E-state index in [0.29, 0.717) is 11.8 Å². The van der Waals surface area contributed by atoms with Crippen LogP contribution in [0, 0.1) is 0 Å². The number of hydrogen-bond donors (Lipinski definition) is 0. The van der Waals surface area contributed by atoms with Gasteiger partial charge in [-0.3, -0.25) is 0 Å². The Kier molecular flexibility index (Phi) is 5.64. The van der Waals surface area contributed by atoms with E-state index in [1.54, 1.807) is 0 Å². The van der Waals surface area contributed by atoms with Gasteiger partial charge in [-0.15, -0.1) is 11.3 Å². The average Bonchev–Trinajstić information content (AvgIpc) is 3.51. The molecule has 2 atom stereocenters. The molecule has 0 spiro atoms. The Hall–Kier alpha value is -5.44. The van der Waals surface area contributed by atoms with Crippen molar-refractivity contribution in [2.75, 3.05) is 4.90 Å². The fourth-order valence-electron chi connectivity index (χ4n) is 7.90. The molecule has 1 heterocycles. The third-order valence-electron chi connectivity index (χ3n) is 9.98. The van der Waals surface area contributed by atoms with Crippen LogP contribution < -0.4 is 4.90 Å². The average molecular weight is 604 g/mol. The first-order valence-corrected chi connectivity index (χ1v) is 16.8. The Bertz CT molecular complexity index is 2560. The zero-order chi connectivity index (χ0) is 30.2. The molecule has 2 aliphatic rings. The number of allylic oxidation sites excluding steroid dienone is 4. The molecule has 7 aromatic carbocycles. The maximum Gasteiger partial charge on any atom is 0.0540 e. The van der Waals surface area contributed by atoms with Crippen LogP contribution in [-0.4, -0.2) is 0 Å². The summed E-state index contributed by atoms with van der Waals surface area (Å²) in [6.07, 6.45) is 9.22. The van der Waals surface area contributed by atoms with E-state index in [4.69, 9.17) is 0 Å². The number of nitrogens with zero attached hydrogens (tertiary/aromatic N) is 1. The smallest absolute Gasteiger partial charge is 0.0540 e. The summed E-state index contributed by atoms with van der Waals surface area (Å²) in [6.45, 7) is 0. The normalized spacial score (nSPS) is 16.5. The second kappa shape index (κ2) is 10.0. The molecule has 0 fully saturated rings. The minimum absolute atomic E-state index is 0.375. The van der Waals surface area contributed by atoms with Crippen molar-refractivity contribution < 1.29 is 0 Å². The minimum Gasteiger partial charge on any atom is -0.310 e. The lowest BCUT2D eigenvalue weighted by atomic mass is 9.73. The molecule has 8 aromatic rings. The predicted molar refractivity (Wildman–Crippen MR) is 198 cm³/mol. The van der Waals surface area contributed by atoms with Crippen molar-refractivity contribution in [2.24, 2.45) is 0 Å². The first-order chi connectivity index (χ1) is 22.8. The van der Waals surface area contributed by atoms with Crippen LogP contribution in [0.3, 0.4) is 0 Å². The Balaban J connectivity index is 1.23. The summed E-state index contributed by atoms with van der Waals surface area (Å²) in [5.41, 5.74) is 7.71. The number of benzene rings is 7. The van der Waals surface area contributed by atoms with Gasteiger partial charge >= 0.3 is 0 Å². The molecule has 0 saturated carbocycles. The van der Waals surface area contributed by atoms with Crippen molar-refractivity contribution >= 4 is 70.8 Å². The monoisotopic (exact) mass is 603 g/mol. The van der Waals surface area contributed by atoms with Gasteiger partial charge in [-0.2, -0.15) is 0 Å². The van der Waals surface area contributed by atoms with Crippen molar-refractivity contribution in [3.05, 3.63) is 174 Å². The standard InChI is InChI=1S/C44H29NS/c1-3-13-33-29(11-1)20-21-30-26-31(22-24-34(30)33)45(41-19-9-12-28-10-2-4-14-35(28)41)32-23-25-42-40(27-32)43-38-17-7-5-15-36(38)37-16-6-8-18-39(37)44(43)46-42/h1-27,37,39H. The van der Waals surface area contributed by atoms with E-state index < -0.39 is 0 Å². The van der Waals surface area contributed by atoms with Crippen LogP contribution >= 0.6 is 11.3 Å². The molecular formula is C44H29NS. The summed E-state index contributed by atoms with van der Waals surface area (Å²) in [5, 5.41) is 8.90. The molecule has 0 N–H and O–H groups in total. The van der Waals surface area contributed by atoms with Crippen molar-refractivity contribution in [2.45, 2.75) is 11.8 Å². The number of thiophene rings is 1. The number of fused-ring (bicyclic) bond motifs is 12. The maximum absolute atomic E-state index is 2.46. The first-order valence-electron chi connectivity index (χ1n) is 16.0. The summed E-state index contributed by atoms with van der Waals surface area (Å²) in [4.78, 5) is 3.94. The van der Waals surface area contributed by atoms with Crippen LogP contribution in [0.2, 0.25) is 0 Å². The third-order valence-corrected chi connectivity index (χ3v) is 11.3. The molecule has 0 aliphatic heterocycles. The lowest BCUT2D eigenvalue weighted by molar-refractivity contribution is 0.733. The highest BCUT2D eigenvalue weighted by Gasteiger charge is 2.34. The van der Waals surface area contributed by atoms with Crippen LogP contribution in [0.4, 0.5) is 17.1 Å². The van der Waals surface area contributed by atoms with Crippen LogP contribution in [-0.2, 0) is 0 Å². The summed E-state index contributed by atoms with van der Waals surface area (Å²) >= 11 is 1.96. The molecule has 2 aliphatic carbocycles. The van der Waals surface area contributed by atoms with E-state index >= 15 is 0 Å². The van der Waals surface area contributed by atoms with Gasteiger partial charge in [0.1, 0.15) is 0 Å². The van der Waals surface area contributed by atoms with Gasteiger partial charge in [0.25, 0.3) is 0 Å². The molecule has 0 radical (unpaired) electrons. The molecule has 2 unspecified atom stereocenters. The van der Waals surface area contributed by atoms with Crippen LogP contribution in [0.15, 0.2) is 164 Å². The van der Waals surface area contributed by atoms with Gasteiger partial charge in [-0.25, -0.2) is 0 Å². The Labute approximate surface area is 272 Å². The number of rotatable bonds is 3. The van der Waals surface area contributed by atoms with Gasteiger partial charge in [-0.05, 0) is 74.5 Å². The minimum atomic E-state index is 0.375. The molecular weight excluding hydrogens is 575 g/mol. The first kappa shape index (κ1) is 25.8. The maximum atomic E-state index is 2.46. The fourth-order valence-corrected chi connectivity index (χ4v) is 9.22. The highest BCUT2D eigenvalue weighted by Crippen LogP contribution is 2.55. The summed E-state index contributed by atoms with van der Waals surface area (Å²) in [6, 6.07) is 51.7. The van der Waals surface area contributed by atoms with Gasteiger partial charge in [0, 0.05) is 49.1 Å². The lowest BCUT2D eigenvalue weighted by Gasteiger charge is -2.32. The molecule has 0 amide bonds. The van der Waals surface area contributed by atoms with E-state index in [1.165, 1.54) is 75.3 Å². The van der Waals surface area contributed by atoms with Crippen LogP contribution in [0.25, 0.3) is 53.5 Å². The molecule has 2 heteroatoms. The van der Waals surface area contributed by atoms with Crippen molar-refractivity contribution in [3.63, 3.8) is 0 Å². The Morgan fingerprint density at radius 2 is 1.15 bits per heavy atom. The third kappa shape index (κ3) is 3.81. The fraction of sp³-hybridized carbons (Fsp3) is 0.0455. The second-order valence-corrected chi connectivity index (χ2v) is 13.5. The Morgan fingerprint density at radius 3 is 2.07 bits per heavy atom. The highest BCUT2D eigenvalue weighted by molar-refractivity contribution is 7.19. The second-order valence-electron chi connectivity index (χ2n) is 12.5. The number of hydrogen-bond acceptors (Lipinski definition) is 2. The van der Waals surface area contributed by atoms with Gasteiger partial charge < -0.3 is 4.90 Å². The van der Waals surface area contributed by atoms with E-state index in [2.05, 4.69) is 169 Å². The van der Waals surface area contributed by atoms with E-state index in [-0.39, 0.29) is 0 Å². The number of anilines is 3. The zero-order valence-electron chi connectivity index (χ0n) is 25.1. The van der Waals surface area contributed by atoms with Crippen molar-refractivity contribution in [1.82, 2.24) is 0 Å². The lowest BCUT2D eigenvalue weighted by Crippen LogP contribution is -2.14. The molecule has 0 bridgehead atoms. The quantitative estimate of drug-likeness (QED) is 0.182. The predicted octanol–water partition coefficient (Wildman–Crippen LogP) is 12.8.